The van der Waals surface area contributed by atoms with Crippen molar-refractivity contribution in [1.82, 2.24) is 5.32 Å². The largest absolute Gasteiger partial charge is 0.355 e. The molecule has 1 amide bonds. The molecule has 0 spiro atoms. The highest BCUT2D eigenvalue weighted by Gasteiger charge is 2.10. The molecule has 0 unspecified atom stereocenters. The summed E-state index contributed by atoms with van der Waals surface area (Å²) in [4.78, 5) is 11.5. The Morgan fingerprint density at radius 1 is 1.50 bits per heavy atom. The van der Waals surface area contributed by atoms with E-state index in [4.69, 9.17) is 0 Å². The molecule has 1 aromatic carbocycles. The van der Waals surface area contributed by atoms with Crippen LogP contribution in [0.1, 0.15) is 10.4 Å². The van der Waals surface area contributed by atoms with Crippen molar-refractivity contribution in [2.45, 2.75) is 0 Å². The summed E-state index contributed by atoms with van der Waals surface area (Å²) < 4.78 is 2.13. The van der Waals surface area contributed by atoms with E-state index in [9.17, 15) is 4.79 Å². The van der Waals surface area contributed by atoms with Gasteiger partial charge in [0.05, 0.1) is 5.56 Å². The molecule has 0 bridgehead atoms. The van der Waals surface area contributed by atoms with Crippen molar-refractivity contribution < 1.29 is 4.79 Å². The molecule has 1 N–H and O–H groups in total. The fourth-order valence-corrected chi connectivity index (χ4v) is 2.59. The number of carbonyl (C=O) groups excluding carboxylic acids is 1. The number of benzene rings is 1. The SMILES string of the molecule is CNC(=O)c1csc2ccc(Br)cc12. The third kappa shape index (κ3) is 1.55. The lowest BCUT2D eigenvalue weighted by molar-refractivity contribution is 0.0965. The van der Waals surface area contributed by atoms with Crippen LogP contribution in [0.4, 0.5) is 0 Å². The lowest BCUT2D eigenvalue weighted by atomic mass is 10.2. The standard InChI is InChI=1S/C10H8BrNOS/c1-12-10(13)8-5-14-9-3-2-6(11)4-7(8)9/h2-5H,1H3,(H,12,13). The molecule has 0 radical (unpaired) electrons. The van der Waals surface area contributed by atoms with Crippen LogP contribution in [0.25, 0.3) is 10.1 Å². The zero-order valence-corrected chi connectivity index (χ0v) is 9.91. The highest BCUT2D eigenvalue weighted by atomic mass is 79.9. The zero-order chi connectivity index (χ0) is 10.1. The van der Waals surface area contributed by atoms with E-state index in [1.54, 1.807) is 18.4 Å². The fourth-order valence-electron chi connectivity index (χ4n) is 1.31. The molecule has 0 saturated carbocycles. The lowest BCUT2D eigenvalue weighted by Gasteiger charge is -1.97. The minimum absolute atomic E-state index is 0.0330. The van der Waals surface area contributed by atoms with Gasteiger partial charge < -0.3 is 5.32 Å². The minimum atomic E-state index is -0.0330. The summed E-state index contributed by atoms with van der Waals surface area (Å²) in [5.74, 6) is -0.0330. The first-order valence-corrected chi connectivity index (χ1v) is 5.78. The summed E-state index contributed by atoms with van der Waals surface area (Å²) >= 11 is 4.98. The molecule has 0 fully saturated rings. The third-order valence-corrected chi connectivity index (χ3v) is 3.46. The molecule has 72 valence electrons. The first-order chi connectivity index (χ1) is 6.72. The second kappa shape index (κ2) is 3.71. The Balaban J connectivity index is 2.67. The maximum absolute atomic E-state index is 11.5. The number of halogens is 1. The Morgan fingerprint density at radius 3 is 3.00 bits per heavy atom. The van der Waals surface area contributed by atoms with Gasteiger partial charge in [0.25, 0.3) is 5.91 Å². The monoisotopic (exact) mass is 269 g/mol. The van der Waals surface area contributed by atoms with Gasteiger partial charge in [-0.25, -0.2) is 0 Å². The van der Waals surface area contributed by atoms with E-state index in [-0.39, 0.29) is 5.91 Å². The summed E-state index contributed by atoms with van der Waals surface area (Å²) in [7, 11) is 1.64. The van der Waals surface area contributed by atoms with Crippen LogP contribution < -0.4 is 5.32 Å². The molecule has 1 aromatic heterocycles. The van der Waals surface area contributed by atoms with Gasteiger partial charge in [0, 0.05) is 27.0 Å². The van der Waals surface area contributed by atoms with Crippen molar-refractivity contribution in [1.29, 1.82) is 0 Å². The van der Waals surface area contributed by atoms with Crippen molar-refractivity contribution in [3.8, 4) is 0 Å². The second-order valence-corrected chi connectivity index (χ2v) is 4.70. The average molecular weight is 270 g/mol. The Kier molecular flexibility index (Phi) is 2.56. The minimum Gasteiger partial charge on any atom is -0.355 e. The summed E-state index contributed by atoms with van der Waals surface area (Å²) in [6.07, 6.45) is 0. The number of fused-ring (bicyclic) bond motifs is 1. The van der Waals surface area contributed by atoms with E-state index in [2.05, 4.69) is 21.2 Å². The van der Waals surface area contributed by atoms with Gasteiger partial charge in [0.1, 0.15) is 0 Å². The number of thiophene rings is 1. The third-order valence-electron chi connectivity index (χ3n) is 2.01. The van der Waals surface area contributed by atoms with Crippen molar-refractivity contribution in [2.24, 2.45) is 0 Å². The molecule has 1 heterocycles. The average Bonchev–Trinajstić information content (AvgIpc) is 2.59. The van der Waals surface area contributed by atoms with Gasteiger partial charge in [-0.2, -0.15) is 0 Å². The number of nitrogens with one attached hydrogen (secondary N) is 1. The summed E-state index contributed by atoms with van der Waals surface area (Å²) in [6, 6.07) is 5.96. The molecule has 4 heteroatoms. The Hall–Kier alpha value is -0.870. The normalized spacial score (nSPS) is 10.4. The molecule has 2 nitrogen and oxygen atoms in total. The lowest BCUT2D eigenvalue weighted by Crippen LogP contribution is -2.17. The zero-order valence-electron chi connectivity index (χ0n) is 7.50. The maximum Gasteiger partial charge on any atom is 0.252 e. The molecule has 0 aliphatic carbocycles. The maximum atomic E-state index is 11.5. The Bertz CT molecular complexity index is 492. The van der Waals surface area contributed by atoms with Crippen LogP contribution in [-0.4, -0.2) is 13.0 Å². The molecule has 0 saturated heterocycles. The van der Waals surface area contributed by atoms with Crippen LogP contribution in [-0.2, 0) is 0 Å². The number of amides is 1. The van der Waals surface area contributed by atoms with Gasteiger partial charge in [0.2, 0.25) is 0 Å². The Morgan fingerprint density at radius 2 is 2.29 bits per heavy atom. The van der Waals surface area contributed by atoms with Crippen LogP contribution >= 0.6 is 27.3 Å². The smallest absolute Gasteiger partial charge is 0.252 e. The van der Waals surface area contributed by atoms with Crippen LogP contribution in [0.3, 0.4) is 0 Å². The van der Waals surface area contributed by atoms with Crippen molar-refractivity contribution in [3.63, 3.8) is 0 Å². The van der Waals surface area contributed by atoms with Gasteiger partial charge in [-0.15, -0.1) is 11.3 Å². The van der Waals surface area contributed by atoms with Crippen molar-refractivity contribution >= 4 is 43.3 Å². The fraction of sp³-hybridized carbons (Fsp3) is 0.100. The van der Waals surface area contributed by atoms with Crippen molar-refractivity contribution in [3.05, 3.63) is 33.6 Å². The van der Waals surface area contributed by atoms with Crippen LogP contribution in [0, 0.1) is 0 Å². The summed E-state index contributed by atoms with van der Waals surface area (Å²) in [5, 5.41) is 5.52. The highest BCUT2D eigenvalue weighted by Crippen LogP contribution is 2.28. The quantitative estimate of drug-likeness (QED) is 0.847. The van der Waals surface area contributed by atoms with Crippen LogP contribution in [0.15, 0.2) is 28.1 Å². The highest BCUT2D eigenvalue weighted by molar-refractivity contribution is 9.10. The van der Waals surface area contributed by atoms with Crippen LogP contribution in [0.5, 0.6) is 0 Å². The van der Waals surface area contributed by atoms with E-state index < -0.39 is 0 Å². The summed E-state index contributed by atoms with van der Waals surface area (Å²) in [5.41, 5.74) is 0.744. The van der Waals surface area contributed by atoms with E-state index in [1.807, 2.05) is 23.6 Å². The van der Waals surface area contributed by atoms with E-state index in [0.29, 0.717) is 0 Å². The predicted octanol–water partition coefficient (Wildman–Crippen LogP) is 3.02. The molecule has 2 rings (SSSR count). The predicted molar refractivity (Wildman–Crippen MR) is 62.9 cm³/mol. The van der Waals surface area contributed by atoms with Gasteiger partial charge in [-0.1, -0.05) is 15.9 Å². The first kappa shape index (κ1) is 9.68. The number of carbonyl (C=O) groups is 1. The van der Waals surface area contributed by atoms with E-state index in [1.165, 1.54) is 0 Å². The second-order valence-electron chi connectivity index (χ2n) is 2.87. The van der Waals surface area contributed by atoms with Crippen molar-refractivity contribution in [2.75, 3.05) is 7.05 Å². The number of rotatable bonds is 1. The molecular formula is C10H8BrNOS. The van der Waals surface area contributed by atoms with E-state index >= 15 is 0 Å². The van der Waals surface area contributed by atoms with E-state index in [0.717, 1.165) is 20.1 Å². The number of hydrogen-bond donors (Lipinski definition) is 1. The topological polar surface area (TPSA) is 29.1 Å². The molecule has 2 aromatic rings. The first-order valence-electron chi connectivity index (χ1n) is 4.11. The van der Waals surface area contributed by atoms with Gasteiger partial charge >= 0.3 is 0 Å². The number of hydrogen-bond acceptors (Lipinski definition) is 2. The van der Waals surface area contributed by atoms with Gasteiger partial charge in [-0.05, 0) is 18.2 Å². The molecular weight excluding hydrogens is 262 g/mol. The van der Waals surface area contributed by atoms with Gasteiger partial charge in [0.15, 0.2) is 0 Å². The molecule has 14 heavy (non-hydrogen) atoms. The van der Waals surface area contributed by atoms with Gasteiger partial charge in [-0.3, -0.25) is 4.79 Å². The summed E-state index contributed by atoms with van der Waals surface area (Å²) in [6.45, 7) is 0. The van der Waals surface area contributed by atoms with Crippen LogP contribution in [0.2, 0.25) is 0 Å². The molecule has 0 atom stereocenters. The molecule has 0 aliphatic heterocycles. The molecule has 0 aliphatic rings. The Labute approximate surface area is 94.1 Å².